The van der Waals surface area contributed by atoms with Crippen molar-refractivity contribution in [1.82, 2.24) is 9.78 Å². The van der Waals surface area contributed by atoms with E-state index in [9.17, 15) is 9.59 Å². The van der Waals surface area contributed by atoms with E-state index in [4.69, 9.17) is 4.74 Å². The fourth-order valence-electron chi connectivity index (χ4n) is 3.02. The molecule has 1 aromatic carbocycles. The third kappa shape index (κ3) is 4.87. The quantitative estimate of drug-likeness (QED) is 0.696. The maximum atomic E-state index is 12.2. The van der Waals surface area contributed by atoms with Crippen LogP contribution in [-0.4, -0.2) is 28.2 Å². The van der Waals surface area contributed by atoms with Gasteiger partial charge in [0.25, 0.3) is 0 Å². The van der Waals surface area contributed by atoms with E-state index >= 15 is 0 Å². The Balaban J connectivity index is 1.43. The van der Waals surface area contributed by atoms with Gasteiger partial charge in [0.1, 0.15) is 11.6 Å². The van der Waals surface area contributed by atoms with Gasteiger partial charge in [0.05, 0.1) is 18.8 Å². The van der Waals surface area contributed by atoms with Gasteiger partial charge in [-0.15, -0.1) is 0 Å². The van der Waals surface area contributed by atoms with Gasteiger partial charge in [0.2, 0.25) is 11.8 Å². The smallest absolute Gasteiger partial charge is 0.225 e. The fourth-order valence-corrected chi connectivity index (χ4v) is 3.02. The molecule has 27 heavy (non-hydrogen) atoms. The molecular formula is C20H26N4O3. The van der Waals surface area contributed by atoms with Crippen molar-refractivity contribution in [3.8, 4) is 5.75 Å². The molecule has 0 saturated heterocycles. The standard InChI is InChI=1S/C20H26N4O3/c1-3-14(2)24-18(10-11-21-24)23-19(25)5-4-12-27-16-7-8-17-15(13-16)6-9-20(26)22-17/h7-8,10-11,13-14H,3-6,9,12H2,1-2H3,(H,22,26)(H,23,25). The van der Waals surface area contributed by atoms with Crippen molar-refractivity contribution in [3.05, 3.63) is 36.0 Å². The number of rotatable bonds is 8. The molecule has 3 rings (SSSR count). The molecule has 1 atom stereocenters. The number of hydrogen-bond acceptors (Lipinski definition) is 4. The van der Waals surface area contributed by atoms with Crippen LogP contribution in [-0.2, 0) is 16.0 Å². The van der Waals surface area contributed by atoms with Gasteiger partial charge < -0.3 is 15.4 Å². The van der Waals surface area contributed by atoms with Crippen molar-refractivity contribution in [2.24, 2.45) is 0 Å². The first kappa shape index (κ1) is 18.9. The number of carbonyl (C=O) groups excluding carboxylic acids is 2. The largest absolute Gasteiger partial charge is 0.494 e. The molecule has 7 nitrogen and oxygen atoms in total. The lowest BCUT2D eigenvalue weighted by Gasteiger charge is -2.17. The number of nitrogens with zero attached hydrogens (tertiary/aromatic N) is 2. The molecule has 1 unspecified atom stereocenters. The third-order valence-corrected chi connectivity index (χ3v) is 4.74. The van der Waals surface area contributed by atoms with E-state index in [0.717, 1.165) is 35.7 Å². The average Bonchev–Trinajstić information content (AvgIpc) is 3.12. The van der Waals surface area contributed by atoms with Crippen molar-refractivity contribution in [2.75, 3.05) is 17.2 Å². The summed E-state index contributed by atoms with van der Waals surface area (Å²) in [6, 6.07) is 7.72. The van der Waals surface area contributed by atoms with E-state index in [1.807, 2.05) is 28.9 Å². The Morgan fingerprint density at radius 3 is 3.04 bits per heavy atom. The molecule has 144 valence electrons. The summed E-state index contributed by atoms with van der Waals surface area (Å²) >= 11 is 0. The topological polar surface area (TPSA) is 85.2 Å². The first-order valence-electron chi connectivity index (χ1n) is 9.45. The average molecular weight is 370 g/mol. The molecule has 2 N–H and O–H groups in total. The number of amides is 2. The second-order valence-electron chi connectivity index (χ2n) is 6.79. The maximum Gasteiger partial charge on any atom is 0.225 e. The number of anilines is 2. The van der Waals surface area contributed by atoms with Crippen LogP contribution in [0.4, 0.5) is 11.5 Å². The predicted molar refractivity (Wildman–Crippen MR) is 104 cm³/mol. The molecule has 0 fully saturated rings. The van der Waals surface area contributed by atoms with Crippen LogP contribution in [0, 0.1) is 0 Å². The highest BCUT2D eigenvalue weighted by Gasteiger charge is 2.15. The number of benzene rings is 1. The number of aromatic nitrogens is 2. The number of aryl methyl sites for hydroxylation is 1. The van der Waals surface area contributed by atoms with Gasteiger partial charge >= 0.3 is 0 Å². The molecule has 7 heteroatoms. The van der Waals surface area contributed by atoms with E-state index < -0.39 is 0 Å². The van der Waals surface area contributed by atoms with Crippen LogP contribution in [0.25, 0.3) is 0 Å². The van der Waals surface area contributed by atoms with Crippen LogP contribution >= 0.6 is 0 Å². The van der Waals surface area contributed by atoms with Crippen molar-refractivity contribution >= 4 is 23.3 Å². The van der Waals surface area contributed by atoms with Gasteiger partial charge in [-0.2, -0.15) is 5.10 Å². The van der Waals surface area contributed by atoms with Crippen LogP contribution in [0.2, 0.25) is 0 Å². The highest BCUT2D eigenvalue weighted by molar-refractivity contribution is 5.94. The Labute approximate surface area is 159 Å². The molecule has 0 saturated carbocycles. The van der Waals surface area contributed by atoms with Crippen LogP contribution in [0.15, 0.2) is 30.5 Å². The number of ether oxygens (including phenoxy) is 1. The minimum absolute atomic E-state index is 0.0446. The van der Waals surface area contributed by atoms with Gasteiger partial charge in [0.15, 0.2) is 0 Å². The van der Waals surface area contributed by atoms with Crippen molar-refractivity contribution in [1.29, 1.82) is 0 Å². The molecule has 0 bridgehead atoms. The van der Waals surface area contributed by atoms with Gasteiger partial charge in [-0.3, -0.25) is 9.59 Å². The molecule has 0 radical (unpaired) electrons. The Bertz CT molecular complexity index is 815. The Morgan fingerprint density at radius 2 is 2.22 bits per heavy atom. The van der Waals surface area contributed by atoms with Crippen LogP contribution in [0.5, 0.6) is 5.75 Å². The van der Waals surface area contributed by atoms with Gasteiger partial charge in [-0.05, 0) is 49.9 Å². The van der Waals surface area contributed by atoms with Gasteiger partial charge in [-0.1, -0.05) is 6.92 Å². The second-order valence-corrected chi connectivity index (χ2v) is 6.79. The van der Waals surface area contributed by atoms with E-state index in [1.165, 1.54) is 0 Å². The van der Waals surface area contributed by atoms with Crippen LogP contribution < -0.4 is 15.4 Å². The molecule has 2 heterocycles. The highest BCUT2D eigenvalue weighted by Crippen LogP contribution is 2.26. The zero-order valence-electron chi connectivity index (χ0n) is 15.8. The number of hydrogen-bond donors (Lipinski definition) is 2. The van der Waals surface area contributed by atoms with E-state index in [1.54, 1.807) is 6.20 Å². The summed E-state index contributed by atoms with van der Waals surface area (Å²) in [5, 5.41) is 10.0. The zero-order valence-corrected chi connectivity index (χ0v) is 15.8. The predicted octanol–water partition coefficient (Wildman–Crippen LogP) is 3.54. The summed E-state index contributed by atoms with van der Waals surface area (Å²) < 4.78 is 7.59. The summed E-state index contributed by atoms with van der Waals surface area (Å²) in [7, 11) is 0. The third-order valence-electron chi connectivity index (χ3n) is 4.74. The molecule has 0 aliphatic carbocycles. The number of fused-ring (bicyclic) bond motifs is 1. The summed E-state index contributed by atoms with van der Waals surface area (Å²) in [6.07, 6.45) is 4.88. The maximum absolute atomic E-state index is 12.2. The van der Waals surface area contributed by atoms with Gasteiger partial charge in [0, 0.05) is 24.6 Å². The lowest BCUT2D eigenvalue weighted by atomic mass is 10.0. The van der Waals surface area contributed by atoms with Crippen molar-refractivity contribution in [3.63, 3.8) is 0 Å². The molecule has 1 aliphatic rings. The SMILES string of the molecule is CCC(C)n1nccc1NC(=O)CCCOc1ccc2c(c1)CCC(=O)N2. The zero-order chi connectivity index (χ0) is 19.2. The van der Waals surface area contributed by atoms with Crippen LogP contribution in [0.1, 0.15) is 51.1 Å². The van der Waals surface area contributed by atoms with Crippen molar-refractivity contribution < 1.29 is 14.3 Å². The number of nitrogens with one attached hydrogen (secondary N) is 2. The number of carbonyl (C=O) groups is 2. The molecule has 0 spiro atoms. The van der Waals surface area contributed by atoms with Crippen molar-refractivity contribution in [2.45, 2.75) is 52.0 Å². The molecule has 1 aromatic heterocycles. The molecular weight excluding hydrogens is 344 g/mol. The van der Waals surface area contributed by atoms with E-state index in [-0.39, 0.29) is 17.9 Å². The van der Waals surface area contributed by atoms with Gasteiger partial charge in [-0.25, -0.2) is 4.68 Å². The van der Waals surface area contributed by atoms with E-state index in [2.05, 4.69) is 29.6 Å². The lowest BCUT2D eigenvalue weighted by molar-refractivity contribution is -0.117. The van der Waals surface area contributed by atoms with Crippen LogP contribution in [0.3, 0.4) is 0 Å². The first-order valence-corrected chi connectivity index (χ1v) is 9.45. The molecule has 2 aromatic rings. The Morgan fingerprint density at radius 1 is 1.37 bits per heavy atom. The summed E-state index contributed by atoms with van der Waals surface area (Å²) in [6.45, 7) is 4.62. The highest BCUT2D eigenvalue weighted by atomic mass is 16.5. The lowest BCUT2D eigenvalue weighted by Crippen LogP contribution is -2.19. The molecule has 2 amide bonds. The Hall–Kier alpha value is -2.83. The minimum atomic E-state index is -0.0446. The molecule has 1 aliphatic heterocycles. The summed E-state index contributed by atoms with van der Waals surface area (Å²) in [5.41, 5.74) is 1.94. The summed E-state index contributed by atoms with van der Waals surface area (Å²) in [5.74, 6) is 1.50. The minimum Gasteiger partial charge on any atom is -0.494 e. The fraction of sp³-hybridized carbons (Fsp3) is 0.450. The Kier molecular flexibility index (Phi) is 6.11. The normalized spacial score (nSPS) is 14.2. The second kappa shape index (κ2) is 8.70. The monoisotopic (exact) mass is 370 g/mol. The first-order chi connectivity index (χ1) is 13.1. The van der Waals surface area contributed by atoms with E-state index in [0.29, 0.717) is 25.9 Å². The summed E-state index contributed by atoms with van der Waals surface area (Å²) in [4.78, 5) is 23.5.